The molecule has 1 aromatic carbocycles. The van der Waals surface area contributed by atoms with Crippen LogP contribution in [0.2, 0.25) is 0 Å². The van der Waals surface area contributed by atoms with E-state index < -0.39 is 22.7 Å². The molecule has 2 aliphatic heterocycles. The van der Waals surface area contributed by atoms with Crippen LogP contribution in [0, 0.1) is 22.7 Å². The average molecular weight is 449 g/mol. The standard InChI is InChI=1S/C22H26F3N5O2/c1-27-20(32)30-12-18(19(31)28-15-3-4-15)21(13-30)6-8-29(9-7-21)16-5-2-14(11-26)17(10-16)22(23,24)25/h2,5,10,15,18H,3-4,6-9,12-13H2,1H3,(H,27,32)(H,28,31). The van der Waals surface area contributed by atoms with Gasteiger partial charge in [-0.25, -0.2) is 4.79 Å². The minimum atomic E-state index is -4.61. The van der Waals surface area contributed by atoms with Crippen LogP contribution in [0.5, 0.6) is 0 Å². The van der Waals surface area contributed by atoms with Gasteiger partial charge >= 0.3 is 12.2 Å². The van der Waals surface area contributed by atoms with Crippen molar-refractivity contribution in [2.45, 2.75) is 37.9 Å². The van der Waals surface area contributed by atoms with Gasteiger partial charge in [0.2, 0.25) is 5.91 Å². The summed E-state index contributed by atoms with van der Waals surface area (Å²) in [5.74, 6) is -0.376. The van der Waals surface area contributed by atoms with E-state index in [-0.39, 0.29) is 23.9 Å². The summed E-state index contributed by atoms with van der Waals surface area (Å²) in [7, 11) is 1.55. The topological polar surface area (TPSA) is 88.5 Å². The van der Waals surface area contributed by atoms with Crippen LogP contribution in [0.15, 0.2) is 18.2 Å². The third-order valence-electron chi connectivity index (χ3n) is 6.94. The molecule has 1 saturated carbocycles. The van der Waals surface area contributed by atoms with Crippen LogP contribution in [0.3, 0.4) is 0 Å². The zero-order valence-corrected chi connectivity index (χ0v) is 17.8. The summed E-state index contributed by atoms with van der Waals surface area (Å²) in [5.41, 5.74) is -1.33. The molecule has 10 heteroatoms. The number of likely N-dealkylation sites (tertiary alicyclic amines) is 1. The van der Waals surface area contributed by atoms with E-state index in [9.17, 15) is 22.8 Å². The van der Waals surface area contributed by atoms with Gasteiger partial charge in [-0.1, -0.05) is 0 Å². The van der Waals surface area contributed by atoms with Gasteiger partial charge in [0, 0.05) is 50.4 Å². The Kier molecular flexibility index (Phi) is 5.69. The fraction of sp³-hybridized carbons (Fsp3) is 0.591. The van der Waals surface area contributed by atoms with E-state index >= 15 is 0 Å². The highest BCUT2D eigenvalue weighted by Gasteiger charge is 2.52. The Bertz CT molecular complexity index is 946. The van der Waals surface area contributed by atoms with Crippen LogP contribution in [0.1, 0.15) is 36.8 Å². The van der Waals surface area contributed by atoms with Crippen molar-refractivity contribution in [1.82, 2.24) is 15.5 Å². The van der Waals surface area contributed by atoms with E-state index in [0.29, 0.717) is 44.7 Å². The summed E-state index contributed by atoms with van der Waals surface area (Å²) in [6, 6.07) is 5.36. The largest absolute Gasteiger partial charge is 0.417 e. The molecule has 0 aromatic heterocycles. The number of amides is 3. The number of carbonyl (C=O) groups excluding carboxylic acids is 2. The molecule has 7 nitrogen and oxygen atoms in total. The molecule has 32 heavy (non-hydrogen) atoms. The first kappa shape index (κ1) is 22.2. The maximum Gasteiger partial charge on any atom is 0.417 e. The Labute approximate surface area is 184 Å². The average Bonchev–Trinajstić information content (AvgIpc) is 3.51. The predicted molar refractivity (Wildman–Crippen MR) is 111 cm³/mol. The Hall–Kier alpha value is -2.96. The van der Waals surface area contributed by atoms with Crippen molar-refractivity contribution in [2.75, 3.05) is 38.1 Å². The summed E-state index contributed by atoms with van der Waals surface area (Å²) in [6.07, 6.45) is -1.49. The normalized spacial score (nSPS) is 22.5. The highest BCUT2D eigenvalue weighted by Crippen LogP contribution is 2.46. The van der Waals surface area contributed by atoms with Gasteiger partial charge in [0.15, 0.2) is 0 Å². The molecule has 1 aromatic rings. The molecular formula is C22H26F3N5O2. The zero-order chi connectivity index (χ0) is 23.1. The number of nitrogens with zero attached hydrogens (tertiary/aromatic N) is 3. The number of rotatable bonds is 3. The van der Waals surface area contributed by atoms with Gasteiger partial charge in [-0.15, -0.1) is 0 Å². The number of alkyl halides is 3. The molecule has 1 atom stereocenters. The molecule has 2 saturated heterocycles. The fourth-order valence-corrected chi connectivity index (χ4v) is 4.95. The number of benzene rings is 1. The Morgan fingerprint density at radius 2 is 1.91 bits per heavy atom. The highest BCUT2D eigenvalue weighted by molar-refractivity contribution is 5.83. The lowest BCUT2D eigenvalue weighted by Gasteiger charge is -2.43. The van der Waals surface area contributed by atoms with Crippen LogP contribution in [-0.4, -0.2) is 56.1 Å². The van der Waals surface area contributed by atoms with Gasteiger partial charge in [-0.2, -0.15) is 18.4 Å². The van der Waals surface area contributed by atoms with E-state index in [1.807, 2.05) is 4.90 Å². The molecule has 3 fully saturated rings. The number of halogens is 3. The smallest absolute Gasteiger partial charge is 0.371 e. The zero-order valence-electron chi connectivity index (χ0n) is 17.8. The maximum atomic E-state index is 13.4. The molecule has 4 rings (SSSR count). The van der Waals surface area contributed by atoms with Crippen LogP contribution >= 0.6 is 0 Å². The number of carbonyl (C=O) groups is 2. The van der Waals surface area contributed by atoms with Crippen molar-refractivity contribution in [3.8, 4) is 6.07 Å². The number of anilines is 1. The molecule has 2 heterocycles. The summed E-state index contributed by atoms with van der Waals surface area (Å²) < 4.78 is 40.1. The monoisotopic (exact) mass is 449 g/mol. The minimum absolute atomic E-state index is 0.0370. The predicted octanol–water partition coefficient (Wildman–Crippen LogP) is 2.71. The van der Waals surface area contributed by atoms with E-state index in [1.54, 1.807) is 18.0 Å². The first-order valence-electron chi connectivity index (χ1n) is 10.8. The molecule has 3 amide bonds. The van der Waals surface area contributed by atoms with Gasteiger partial charge in [-0.3, -0.25) is 4.79 Å². The molecule has 0 bridgehead atoms. The van der Waals surface area contributed by atoms with Crippen LogP contribution in [-0.2, 0) is 11.0 Å². The van der Waals surface area contributed by atoms with Crippen molar-refractivity contribution in [3.63, 3.8) is 0 Å². The molecule has 2 N–H and O–H groups in total. The van der Waals surface area contributed by atoms with E-state index in [0.717, 1.165) is 18.9 Å². The number of hydrogen-bond acceptors (Lipinski definition) is 4. The fourth-order valence-electron chi connectivity index (χ4n) is 4.95. The lowest BCUT2D eigenvalue weighted by Crippen LogP contribution is -2.49. The van der Waals surface area contributed by atoms with Crippen LogP contribution < -0.4 is 15.5 Å². The lowest BCUT2D eigenvalue weighted by molar-refractivity contribution is -0.137. The molecule has 0 radical (unpaired) electrons. The number of nitrogens with one attached hydrogen (secondary N) is 2. The number of urea groups is 1. The van der Waals surface area contributed by atoms with Crippen molar-refractivity contribution < 1.29 is 22.8 Å². The lowest BCUT2D eigenvalue weighted by atomic mass is 9.70. The molecule has 1 unspecified atom stereocenters. The van der Waals surface area contributed by atoms with Crippen LogP contribution in [0.25, 0.3) is 0 Å². The van der Waals surface area contributed by atoms with Gasteiger partial charge in [0.05, 0.1) is 23.1 Å². The Balaban J connectivity index is 1.53. The first-order valence-corrected chi connectivity index (χ1v) is 10.8. The Morgan fingerprint density at radius 1 is 1.22 bits per heavy atom. The SMILES string of the molecule is CNC(=O)N1CC(C(=O)NC2CC2)C2(CCN(c3ccc(C#N)c(C(F)(F)F)c3)CC2)C1. The van der Waals surface area contributed by atoms with E-state index in [2.05, 4.69) is 10.6 Å². The summed E-state index contributed by atoms with van der Waals surface area (Å²) >= 11 is 0. The number of piperidine rings is 1. The third kappa shape index (κ3) is 4.20. The van der Waals surface area contributed by atoms with Crippen molar-refractivity contribution in [3.05, 3.63) is 29.3 Å². The summed E-state index contributed by atoms with van der Waals surface area (Å²) in [5, 5.41) is 14.7. The van der Waals surface area contributed by atoms with Crippen molar-refractivity contribution in [2.24, 2.45) is 11.3 Å². The second-order valence-corrected chi connectivity index (χ2v) is 8.96. The summed E-state index contributed by atoms with van der Waals surface area (Å²) in [6.45, 7) is 1.73. The minimum Gasteiger partial charge on any atom is -0.371 e. The number of nitriles is 1. The van der Waals surface area contributed by atoms with Gasteiger partial charge in [-0.05, 0) is 43.9 Å². The second kappa shape index (κ2) is 8.19. The maximum absolute atomic E-state index is 13.4. The molecule has 1 spiro atoms. The quantitative estimate of drug-likeness (QED) is 0.743. The van der Waals surface area contributed by atoms with E-state index in [1.165, 1.54) is 12.1 Å². The first-order chi connectivity index (χ1) is 15.2. The third-order valence-corrected chi connectivity index (χ3v) is 6.94. The molecule has 1 aliphatic carbocycles. The molecular weight excluding hydrogens is 423 g/mol. The van der Waals surface area contributed by atoms with E-state index in [4.69, 9.17) is 5.26 Å². The second-order valence-electron chi connectivity index (χ2n) is 8.96. The van der Waals surface area contributed by atoms with Gasteiger partial charge < -0.3 is 20.4 Å². The Morgan fingerprint density at radius 3 is 2.47 bits per heavy atom. The van der Waals surface area contributed by atoms with Crippen molar-refractivity contribution in [1.29, 1.82) is 5.26 Å². The van der Waals surface area contributed by atoms with Gasteiger partial charge in [0.25, 0.3) is 0 Å². The van der Waals surface area contributed by atoms with Crippen molar-refractivity contribution >= 4 is 17.6 Å². The molecule has 3 aliphatic rings. The van der Waals surface area contributed by atoms with Gasteiger partial charge in [0.1, 0.15) is 0 Å². The number of hydrogen-bond donors (Lipinski definition) is 2. The summed E-state index contributed by atoms with van der Waals surface area (Å²) in [4.78, 5) is 28.7. The highest BCUT2D eigenvalue weighted by atomic mass is 19.4. The van der Waals surface area contributed by atoms with Crippen LogP contribution in [0.4, 0.5) is 23.7 Å². The molecule has 172 valence electrons.